The van der Waals surface area contributed by atoms with Gasteiger partial charge >= 0.3 is 0 Å². The molecule has 0 saturated heterocycles. The predicted octanol–water partition coefficient (Wildman–Crippen LogP) is 1.27. The summed E-state index contributed by atoms with van der Waals surface area (Å²) >= 11 is 0. The lowest BCUT2D eigenvalue weighted by Crippen LogP contribution is -2.36. The molecule has 4 N–H and O–H groups in total. The fourth-order valence-corrected chi connectivity index (χ4v) is 1.77. The van der Waals surface area contributed by atoms with E-state index in [0.717, 1.165) is 5.52 Å². The summed E-state index contributed by atoms with van der Waals surface area (Å²) in [4.78, 5) is 11.8. The topological polar surface area (TPSA) is 96.7 Å². The number of fused-ring (bicyclic) bond motifs is 1. The summed E-state index contributed by atoms with van der Waals surface area (Å²) in [5.41, 5.74) is 7.97. The molecule has 6 nitrogen and oxygen atoms in total. The van der Waals surface area contributed by atoms with Crippen molar-refractivity contribution >= 4 is 22.6 Å². The van der Waals surface area contributed by atoms with Crippen LogP contribution in [0.3, 0.4) is 0 Å². The van der Waals surface area contributed by atoms with E-state index in [2.05, 4.69) is 20.7 Å². The lowest BCUT2D eigenvalue weighted by Gasteiger charge is -2.14. The van der Waals surface area contributed by atoms with Gasteiger partial charge in [-0.05, 0) is 30.5 Å². The number of amides is 1. The number of anilines is 1. The van der Waals surface area contributed by atoms with Crippen LogP contribution in [0.5, 0.6) is 0 Å². The van der Waals surface area contributed by atoms with Crippen LogP contribution >= 0.6 is 0 Å². The van der Waals surface area contributed by atoms with E-state index in [1.807, 2.05) is 13.8 Å². The van der Waals surface area contributed by atoms with E-state index in [4.69, 9.17) is 5.73 Å². The van der Waals surface area contributed by atoms with Gasteiger partial charge in [0.1, 0.15) is 11.0 Å². The van der Waals surface area contributed by atoms with Crippen molar-refractivity contribution in [1.82, 2.24) is 15.4 Å². The number of nitrogens with one attached hydrogen (secondary N) is 2. The van der Waals surface area contributed by atoms with Crippen LogP contribution in [0.1, 0.15) is 20.3 Å². The number of carbonyl (C=O) groups is 1. The molecule has 1 atom stereocenters. The Hall–Kier alpha value is -1.95. The quantitative estimate of drug-likeness (QED) is 0.758. The van der Waals surface area contributed by atoms with E-state index in [1.165, 1.54) is 0 Å². The van der Waals surface area contributed by atoms with Gasteiger partial charge in [0.2, 0.25) is 5.91 Å². The minimum Gasteiger partial charge on any atom is -0.325 e. The standard InChI is InChI=1S/C12H17N5O/c1-7(2)5-9(13)12(18)14-8-3-4-10-11(6-8)16-17-15-10/h3-4,6-7,9H,5,13H2,1-2H3,(H,14,18)(H,15,16,17)/t9-/m0/s1. The fourth-order valence-electron chi connectivity index (χ4n) is 1.77. The second-order valence-electron chi connectivity index (χ2n) is 4.75. The highest BCUT2D eigenvalue weighted by atomic mass is 16.2. The monoisotopic (exact) mass is 247 g/mol. The number of carbonyl (C=O) groups excluding carboxylic acids is 1. The number of hydrogen-bond acceptors (Lipinski definition) is 4. The molecule has 0 bridgehead atoms. The maximum Gasteiger partial charge on any atom is 0.241 e. The third-order valence-corrected chi connectivity index (χ3v) is 2.65. The summed E-state index contributed by atoms with van der Waals surface area (Å²) in [6, 6.07) is 4.85. The molecule has 0 unspecified atom stereocenters. The van der Waals surface area contributed by atoms with Crippen molar-refractivity contribution in [2.75, 3.05) is 5.32 Å². The lowest BCUT2D eigenvalue weighted by atomic mass is 10.0. The summed E-state index contributed by atoms with van der Waals surface area (Å²) in [6.45, 7) is 4.07. The number of benzene rings is 1. The van der Waals surface area contributed by atoms with Crippen LogP contribution in [0.15, 0.2) is 18.2 Å². The lowest BCUT2D eigenvalue weighted by molar-refractivity contribution is -0.117. The fraction of sp³-hybridized carbons (Fsp3) is 0.417. The zero-order valence-electron chi connectivity index (χ0n) is 10.5. The van der Waals surface area contributed by atoms with Gasteiger partial charge in [-0.3, -0.25) is 4.79 Å². The summed E-state index contributed by atoms with van der Waals surface area (Å²) in [7, 11) is 0. The first-order chi connectivity index (χ1) is 8.56. The molecule has 18 heavy (non-hydrogen) atoms. The van der Waals surface area contributed by atoms with Gasteiger partial charge in [0, 0.05) is 5.69 Å². The number of nitrogens with zero attached hydrogens (tertiary/aromatic N) is 2. The van der Waals surface area contributed by atoms with Crippen molar-refractivity contribution in [2.45, 2.75) is 26.3 Å². The molecular weight excluding hydrogens is 230 g/mol. The molecule has 2 rings (SSSR count). The van der Waals surface area contributed by atoms with Crippen LogP contribution in [0.4, 0.5) is 5.69 Å². The third kappa shape index (κ3) is 2.84. The summed E-state index contributed by atoms with van der Waals surface area (Å²) in [5.74, 6) is 0.218. The highest BCUT2D eigenvalue weighted by Crippen LogP contribution is 2.15. The number of aromatic amines is 1. The Bertz CT molecular complexity index is 548. The van der Waals surface area contributed by atoms with Crippen LogP contribution in [0.2, 0.25) is 0 Å². The predicted molar refractivity (Wildman–Crippen MR) is 69.9 cm³/mol. The van der Waals surface area contributed by atoms with Gasteiger partial charge in [0.15, 0.2) is 0 Å². The molecule has 2 aromatic rings. The Labute approximate surface area is 105 Å². The van der Waals surface area contributed by atoms with Crippen molar-refractivity contribution in [3.63, 3.8) is 0 Å². The Balaban J connectivity index is 2.06. The van der Waals surface area contributed by atoms with Crippen LogP contribution in [0.25, 0.3) is 11.0 Å². The highest BCUT2D eigenvalue weighted by Gasteiger charge is 2.15. The van der Waals surface area contributed by atoms with E-state index in [1.54, 1.807) is 18.2 Å². The van der Waals surface area contributed by atoms with Gasteiger partial charge in [0.05, 0.1) is 6.04 Å². The number of hydrogen-bond donors (Lipinski definition) is 3. The Morgan fingerprint density at radius 2 is 2.11 bits per heavy atom. The van der Waals surface area contributed by atoms with E-state index >= 15 is 0 Å². The van der Waals surface area contributed by atoms with Crippen LogP contribution < -0.4 is 11.1 Å². The maximum absolute atomic E-state index is 11.8. The zero-order chi connectivity index (χ0) is 13.1. The normalized spacial score (nSPS) is 12.9. The minimum absolute atomic E-state index is 0.174. The average Bonchev–Trinajstić information content (AvgIpc) is 2.75. The van der Waals surface area contributed by atoms with Crippen LogP contribution in [-0.4, -0.2) is 27.4 Å². The van der Waals surface area contributed by atoms with Crippen LogP contribution in [0, 0.1) is 5.92 Å². The minimum atomic E-state index is -0.488. The van der Waals surface area contributed by atoms with Gasteiger partial charge in [-0.25, -0.2) is 0 Å². The van der Waals surface area contributed by atoms with Crippen molar-refractivity contribution in [3.05, 3.63) is 18.2 Å². The summed E-state index contributed by atoms with van der Waals surface area (Å²) in [6.07, 6.45) is 0.665. The number of H-pyrrole nitrogens is 1. The van der Waals surface area contributed by atoms with E-state index in [-0.39, 0.29) is 5.91 Å². The molecule has 1 heterocycles. The van der Waals surface area contributed by atoms with Gasteiger partial charge in [-0.15, -0.1) is 0 Å². The second-order valence-corrected chi connectivity index (χ2v) is 4.75. The van der Waals surface area contributed by atoms with Gasteiger partial charge in [0.25, 0.3) is 0 Å². The smallest absolute Gasteiger partial charge is 0.241 e. The molecule has 1 amide bonds. The molecule has 6 heteroatoms. The highest BCUT2D eigenvalue weighted by molar-refractivity contribution is 5.96. The van der Waals surface area contributed by atoms with Crippen LogP contribution in [-0.2, 0) is 4.79 Å². The Morgan fingerprint density at radius 3 is 2.83 bits per heavy atom. The molecule has 0 radical (unpaired) electrons. The SMILES string of the molecule is CC(C)C[C@H](N)C(=O)Nc1ccc2n[nH]nc2c1. The van der Waals surface area contributed by atoms with Gasteiger partial charge in [-0.2, -0.15) is 15.4 Å². The Morgan fingerprint density at radius 1 is 1.39 bits per heavy atom. The van der Waals surface area contributed by atoms with E-state index in [0.29, 0.717) is 23.5 Å². The first-order valence-corrected chi connectivity index (χ1v) is 5.93. The molecule has 1 aromatic carbocycles. The van der Waals surface area contributed by atoms with Crippen molar-refractivity contribution in [3.8, 4) is 0 Å². The largest absolute Gasteiger partial charge is 0.325 e. The molecule has 96 valence electrons. The molecule has 0 spiro atoms. The van der Waals surface area contributed by atoms with Crippen molar-refractivity contribution in [1.29, 1.82) is 0 Å². The maximum atomic E-state index is 11.8. The second kappa shape index (κ2) is 5.14. The van der Waals surface area contributed by atoms with E-state index < -0.39 is 6.04 Å². The first kappa shape index (κ1) is 12.5. The third-order valence-electron chi connectivity index (χ3n) is 2.65. The van der Waals surface area contributed by atoms with E-state index in [9.17, 15) is 4.79 Å². The molecule has 0 fully saturated rings. The van der Waals surface area contributed by atoms with Crippen molar-refractivity contribution < 1.29 is 4.79 Å². The number of rotatable bonds is 4. The van der Waals surface area contributed by atoms with Crippen molar-refractivity contribution in [2.24, 2.45) is 11.7 Å². The Kier molecular flexibility index (Phi) is 3.57. The molecular formula is C12H17N5O. The van der Waals surface area contributed by atoms with Gasteiger partial charge in [-0.1, -0.05) is 13.8 Å². The van der Waals surface area contributed by atoms with Gasteiger partial charge < -0.3 is 11.1 Å². The molecule has 0 aliphatic rings. The summed E-state index contributed by atoms with van der Waals surface area (Å²) < 4.78 is 0. The zero-order valence-corrected chi connectivity index (χ0v) is 10.5. The molecule has 0 aliphatic carbocycles. The molecule has 1 aromatic heterocycles. The summed E-state index contributed by atoms with van der Waals surface area (Å²) in [5, 5.41) is 13.2. The average molecular weight is 247 g/mol. The number of aromatic nitrogens is 3. The molecule has 0 aliphatic heterocycles. The molecule has 0 saturated carbocycles. The first-order valence-electron chi connectivity index (χ1n) is 5.93. The number of nitrogens with two attached hydrogens (primary N) is 1.